The molecular formula is C23H39NO. The van der Waals surface area contributed by atoms with E-state index >= 15 is 0 Å². The number of aliphatic hydroxyl groups excluding tert-OH is 1. The fourth-order valence-corrected chi connectivity index (χ4v) is 8.12. The van der Waals surface area contributed by atoms with Crippen molar-refractivity contribution in [2.75, 3.05) is 6.54 Å². The molecule has 0 spiro atoms. The van der Waals surface area contributed by atoms with E-state index in [1.54, 1.807) is 0 Å². The van der Waals surface area contributed by atoms with E-state index in [0.717, 1.165) is 42.7 Å². The van der Waals surface area contributed by atoms with Gasteiger partial charge in [0.25, 0.3) is 0 Å². The number of aliphatic hydroxyl groups is 1. The highest BCUT2D eigenvalue weighted by Gasteiger charge is 2.60. The van der Waals surface area contributed by atoms with Crippen LogP contribution in [0.2, 0.25) is 0 Å². The molecule has 142 valence electrons. The third kappa shape index (κ3) is 2.57. The van der Waals surface area contributed by atoms with Crippen LogP contribution in [0.25, 0.3) is 0 Å². The molecule has 0 aliphatic heterocycles. The highest BCUT2D eigenvalue weighted by Crippen LogP contribution is 2.67. The van der Waals surface area contributed by atoms with Gasteiger partial charge in [0.2, 0.25) is 0 Å². The number of nitrogens with one attached hydrogen (secondary N) is 1. The Morgan fingerprint density at radius 3 is 2.60 bits per heavy atom. The van der Waals surface area contributed by atoms with Gasteiger partial charge in [-0.25, -0.2) is 0 Å². The Balaban J connectivity index is 1.58. The molecule has 0 saturated heterocycles. The summed E-state index contributed by atoms with van der Waals surface area (Å²) in [6.45, 7) is 10.6. The van der Waals surface area contributed by atoms with Crippen molar-refractivity contribution in [3.8, 4) is 0 Å². The first kappa shape index (κ1) is 18.0. The van der Waals surface area contributed by atoms with E-state index in [1.165, 1.54) is 50.5 Å². The lowest BCUT2D eigenvalue weighted by Crippen LogP contribution is -2.54. The molecule has 4 rings (SSSR count). The van der Waals surface area contributed by atoms with E-state index in [1.807, 2.05) is 0 Å². The van der Waals surface area contributed by atoms with E-state index in [9.17, 15) is 5.11 Å². The van der Waals surface area contributed by atoms with Crippen LogP contribution in [0.1, 0.15) is 79.1 Å². The lowest BCUT2D eigenvalue weighted by molar-refractivity contribution is -0.102. The van der Waals surface area contributed by atoms with Gasteiger partial charge < -0.3 is 10.4 Å². The van der Waals surface area contributed by atoms with Crippen molar-refractivity contribution in [2.24, 2.45) is 34.5 Å². The van der Waals surface area contributed by atoms with Crippen LogP contribution in [0.5, 0.6) is 0 Å². The minimum Gasteiger partial charge on any atom is -0.389 e. The molecule has 0 amide bonds. The normalized spacial score (nSPS) is 54.0. The molecule has 0 aromatic heterocycles. The van der Waals surface area contributed by atoms with Gasteiger partial charge in [0.1, 0.15) is 0 Å². The summed E-state index contributed by atoms with van der Waals surface area (Å²) in [5.74, 6) is 3.39. The van der Waals surface area contributed by atoms with Crippen LogP contribution < -0.4 is 5.32 Å². The minimum atomic E-state index is -0.172. The van der Waals surface area contributed by atoms with Crippen LogP contribution in [0.15, 0.2) is 11.6 Å². The van der Waals surface area contributed by atoms with Gasteiger partial charge in [-0.2, -0.15) is 0 Å². The summed E-state index contributed by atoms with van der Waals surface area (Å²) < 4.78 is 0. The van der Waals surface area contributed by atoms with E-state index < -0.39 is 0 Å². The largest absolute Gasteiger partial charge is 0.389 e. The average molecular weight is 346 g/mol. The maximum Gasteiger partial charge on any atom is 0.0758 e. The van der Waals surface area contributed by atoms with Gasteiger partial charge in [0.15, 0.2) is 0 Å². The molecule has 25 heavy (non-hydrogen) atoms. The second-order valence-electron chi connectivity index (χ2n) is 10.1. The lowest BCUT2D eigenvalue weighted by Gasteiger charge is -2.60. The quantitative estimate of drug-likeness (QED) is 0.696. The number of allylic oxidation sites excluding steroid dienone is 1. The molecule has 4 saturated carbocycles. The van der Waals surface area contributed by atoms with Crippen molar-refractivity contribution >= 4 is 0 Å². The van der Waals surface area contributed by atoms with Gasteiger partial charge in [0, 0.05) is 6.04 Å². The number of fused-ring (bicyclic) bond motifs is 5. The zero-order chi connectivity index (χ0) is 17.8. The first-order valence-electron chi connectivity index (χ1n) is 11.0. The van der Waals surface area contributed by atoms with Gasteiger partial charge in [0.05, 0.1) is 6.10 Å². The Bertz CT molecular complexity index is 542. The first-order chi connectivity index (χ1) is 11.9. The van der Waals surface area contributed by atoms with Crippen molar-refractivity contribution in [3.05, 3.63) is 11.6 Å². The van der Waals surface area contributed by atoms with Crippen LogP contribution >= 0.6 is 0 Å². The zero-order valence-electron chi connectivity index (χ0n) is 16.9. The smallest absolute Gasteiger partial charge is 0.0758 e. The summed E-state index contributed by atoms with van der Waals surface area (Å²) >= 11 is 0. The van der Waals surface area contributed by atoms with Gasteiger partial charge in [-0.05, 0) is 105 Å². The fraction of sp³-hybridized carbons (Fsp3) is 0.913. The molecule has 1 unspecified atom stereocenters. The topological polar surface area (TPSA) is 32.3 Å². The standard InChI is InChI=1S/C23H39NO/c1-5-18-21(25)14-20-17-8-7-15-13-16(24-6-2)9-11-22(15,3)19(17)10-12-23(18,20)4/h5,15-17,19-21,24-25H,6-14H2,1-4H3/b18-5-/t15?,16-,17-,19+,20+,21-,22+,23-/m1/s1. The third-order valence-electron chi connectivity index (χ3n) is 9.35. The Morgan fingerprint density at radius 2 is 1.88 bits per heavy atom. The van der Waals surface area contributed by atoms with Crippen LogP contribution in [0.3, 0.4) is 0 Å². The Morgan fingerprint density at radius 1 is 1.08 bits per heavy atom. The van der Waals surface area contributed by atoms with Crippen molar-refractivity contribution < 1.29 is 5.11 Å². The maximum atomic E-state index is 10.7. The van der Waals surface area contributed by atoms with E-state index in [2.05, 4.69) is 39.1 Å². The Kier molecular flexibility index (Phi) is 4.60. The molecule has 0 aromatic rings. The second kappa shape index (κ2) is 6.37. The molecule has 0 bridgehead atoms. The third-order valence-corrected chi connectivity index (χ3v) is 9.35. The predicted molar refractivity (Wildman–Crippen MR) is 104 cm³/mol. The van der Waals surface area contributed by atoms with Crippen LogP contribution in [0.4, 0.5) is 0 Å². The molecule has 0 heterocycles. The molecule has 4 aliphatic carbocycles. The van der Waals surface area contributed by atoms with Gasteiger partial charge in [-0.1, -0.05) is 26.8 Å². The SMILES string of the molecule is C/C=C1/[C@H](O)C[C@H]2[C@@H]3CCC4C[C@H](NCC)CC[C@]4(C)[C@H]3CC[C@]12C. The molecule has 2 nitrogen and oxygen atoms in total. The summed E-state index contributed by atoms with van der Waals surface area (Å²) in [4.78, 5) is 0. The van der Waals surface area contributed by atoms with Crippen LogP contribution in [0, 0.1) is 34.5 Å². The van der Waals surface area contributed by atoms with Crippen molar-refractivity contribution in [3.63, 3.8) is 0 Å². The predicted octanol–water partition coefficient (Wildman–Crippen LogP) is 4.92. The summed E-state index contributed by atoms with van der Waals surface area (Å²) in [5.41, 5.74) is 2.19. The number of hydrogen-bond donors (Lipinski definition) is 2. The molecule has 0 radical (unpaired) electrons. The number of hydrogen-bond acceptors (Lipinski definition) is 2. The summed E-state index contributed by atoms with van der Waals surface area (Å²) in [6.07, 6.45) is 12.8. The fourth-order valence-electron chi connectivity index (χ4n) is 8.12. The Labute approximate surface area is 154 Å². The van der Waals surface area contributed by atoms with Gasteiger partial charge in [-0.3, -0.25) is 0 Å². The molecule has 2 heteroatoms. The van der Waals surface area contributed by atoms with Crippen LogP contribution in [-0.4, -0.2) is 23.8 Å². The van der Waals surface area contributed by atoms with E-state index in [4.69, 9.17) is 0 Å². The summed E-state index contributed by atoms with van der Waals surface area (Å²) in [5, 5.41) is 14.4. The molecule has 4 aliphatic rings. The van der Waals surface area contributed by atoms with Crippen molar-refractivity contribution in [1.82, 2.24) is 5.32 Å². The molecule has 2 N–H and O–H groups in total. The van der Waals surface area contributed by atoms with Gasteiger partial charge >= 0.3 is 0 Å². The number of rotatable bonds is 2. The van der Waals surface area contributed by atoms with Gasteiger partial charge in [-0.15, -0.1) is 0 Å². The zero-order valence-corrected chi connectivity index (χ0v) is 16.9. The Hall–Kier alpha value is -0.340. The molecule has 0 aromatic carbocycles. The maximum absolute atomic E-state index is 10.7. The summed E-state index contributed by atoms with van der Waals surface area (Å²) in [6, 6.07) is 0.761. The first-order valence-corrected chi connectivity index (χ1v) is 11.0. The highest BCUT2D eigenvalue weighted by molar-refractivity contribution is 5.27. The molecular weight excluding hydrogens is 306 g/mol. The highest BCUT2D eigenvalue weighted by atomic mass is 16.3. The van der Waals surface area contributed by atoms with Crippen molar-refractivity contribution in [1.29, 1.82) is 0 Å². The second-order valence-corrected chi connectivity index (χ2v) is 10.1. The van der Waals surface area contributed by atoms with Crippen LogP contribution in [-0.2, 0) is 0 Å². The average Bonchev–Trinajstić information content (AvgIpc) is 2.85. The van der Waals surface area contributed by atoms with Crippen molar-refractivity contribution in [2.45, 2.75) is 91.2 Å². The van der Waals surface area contributed by atoms with E-state index in [0.29, 0.717) is 5.41 Å². The monoisotopic (exact) mass is 345 g/mol. The molecule has 8 atom stereocenters. The van der Waals surface area contributed by atoms with E-state index in [-0.39, 0.29) is 11.5 Å². The minimum absolute atomic E-state index is 0.172. The lowest BCUT2D eigenvalue weighted by atomic mass is 9.45. The molecule has 4 fully saturated rings. The summed E-state index contributed by atoms with van der Waals surface area (Å²) in [7, 11) is 0.